The SMILES string of the molecule is CN1CCC(C(=O)Nc2ccccc2CCC(=O)O)C1. The molecule has 1 aromatic rings. The third kappa shape index (κ3) is 3.81. The fourth-order valence-electron chi connectivity index (χ4n) is 2.49. The molecule has 1 amide bonds. The van der Waals surface area contributed by atoms with Gasteiger partial charge in [0.2, 0.25) is 5.91 Å². The fraction of sp³-hybridized carbons (Fsp3) is 0.467. The van der Waals surface area contributed by atoms with E-state index in [0.717, 1.165) is 30.8 Å². The lowest BCUT2D eigenvalue weighted by Crippen LogP contribution is -2.25. The standard InChI is InChI=1S/C15H20N2O3/c1-17-9-8-12(10-17)15(20)16-13-5-3-2-4-11(13)6-7-14(18)19/h2-5,12H,6-10H2,1H3,(H,16,20)(H,18,19). The summed E-state index contributed by atoms with van der Waals surface area (Å²) in [5.41, 5.74) is 1.60. The predicted octanol–water partition coefficient (Wildman–Crippen LogP) is 1.59. The molecule has 1 atom stereocenters. The van der Waals surface area contributed by atoms with Crippen molar-refractivity contribution < 1.29 is 14.7 Å². The van der Waals surface area contributed by atoms with Gasteiger partial charge in [-0.25, -0.2) is 0 Å². The molecule has 5 heteroatoms. The number of likely N-dealkylation sites (tertiary alicyclic amines) is 1. The summed E-state index contributed by atoms with van der Waals surface area (Å²) in [6, 6.07) is 7.39. The molecular formula is C15H20N2O3. The fourth-order valence-corrected chi connectivity index (χ4v) is 2.49. The lowest BCUT2D eigenvalue weighted by Gasteiger charge is -2.14. The Morgan fingerprint density at radius 2 is 2.15 bits per heavy atom. The topological polar surface area (TPSA) is 69.6 Å². The molecule has 1 aliphatic rings. The Bertz CT molecular complexity index is 502. The highest BCUT2D eigenvalue weighted by Gasteiger charge is 2.26. The van der Waals surface area contributed by atoms with E-state index in [0.29, 0.717) is 6.42 Å². The van der Waals surface area contributed by atoms with Gasteiger partial charge in [-0.3, -0.25) is 9.59 Å². The van der Waals surface area contributed by atoms with Gasteiger partial charge < -0.3 is 15.3 Å². The summed E-state index contributed by atoms with van der Waals surface area (Å²) < 4.78 is 0. The van der Waals surface area contributed by atoms with Gasteiger partial charge in [0.1, 0.15) is 0 Å². The highest BCUT2D eigenvalue weighted by molar-refractivity contribution is 5.93. The minimum absolute atomic E-state index is 0.0209. The van der Waals surface area contributed by atoms with Crippen molar-refractivity contribution in [2.75, 3.05) is 25.5 Å². The van der Waals surface area contributed by atoms with Gasteiger partial charge in [-0.2, -0.15) is 0 Å². The molecule has 1 unspecified atom stereocenters. The third-order valence-electron chi connectivity index (χ3n) is 3.65. The van der Waals surface area contributed by atoms with E-state index in [1.54, 1.807) is 0 Å². The molecule has 0 bridgehead atoms. The summed E-state index contributed by atoms with van der Waals surface area (Å²) in [5.74, 6) is -0.784. The van der Waals surface area contributed by atoms with Crippen molar-refractivity contribution >= 4 is 17.6 Å². The van der Waals surface area contributed by atoms with E-state index in [1.807, 2.05) is 31.3 Å². The van der Waals surface area contributed by atoms with Gasteiger partial charge in [-0.15, -0.1) is 0 Å². The smallest absolute Gasteiger partial charge is 0.303 e. The van der Waals surface area contributed by atoms with Crippen molar-refractivity contribution in [2.24, 2.45) is 5.92 Å². The number of anilines is 1. The third-order valence-corrected chi connectivity index (χ3v) is 3.65. The lowest BCUT2D eigenvalue weighted by atomic mass is 10.1. The second-order valence-electron chi connectivity index (χ2n) is 5.29. The van der Waals surface area contributed by atoms with Crippen LogP contribution in [0.15, 0.2) is 24.3 Å². The molecule has 2 rings (SSSR count). The zero-order valence-electron chi connectivity index (χ0n) is 11.6. The Balaban J connectivity index is 2.01. The predicted molar refractivity (Wildman–Crippen MR) is 76.6 cm³/mol. The maximum absolute atomic E-state index is 12.2. The Labute approximate surface area is 118 Å². The molecule has 2 N–H and O–H groups in total. The van der Waals surface area contributed by atoms with Crippen molar-refractivity contribution in [2.45, 2.75) is 19.3 Å². The number of carbonyl (C=O) groups is 2. The first-order chi connectivity index (χ1) is 9.56. The quantitative estimate of drug-likeness (QED) is 0.857. The van der Waals surface area contributed by atoms with E-state index >= 15 is 0 Å². The number of rotatable bonds is 5. The molecule has 0 radical (unpaired) electrons. The average Bonchev–Trinajstić information content (AvgIpc) is 2.84. The van der Waals surface area contributed by atoms with Crippen molar-refractivity contribution in [1.82, 2.24) is 4.90 Å². The molecule has 0 aliphatic carbocycles. The maximum Gasteiger partial charge on any atom is 0.303 e. The van der Waals surface area contributed by atoms with Gasteiger partial charge in [0.25, 0.3) is 0 Å². The van der Waals surface area contributed by atoms with Crippen molar-refractivity contribution in [3.8, 4) is 0 Å². The zero-order chi connectivity index (χ0) is 14.5. The molecule has 0 spiro atoms. The molecule has 1 heterocycles. The lowest BCUT2D eigenvalue weighted by molar-refractivity contribution is -0.137. The summed E-state index contributed by atoms with van der Waals surface area (Å²) in [5, 5.41) is 11.7. The zero-order valence-corrected chi connectivity index (χ0v) is 11.6. The van der Waals surface area contributed by atoms with Crippen LogP contribution in [0.4, 0.5) is 5.69 Å². The van der Waals surface area contributed by atoms with E-state index in [2.05, 4.69) is 10.2 Å². The van der Waals surface area contributed by atoms with Gasteiger partial charge >= 0.3 is 5.97 Å². The molecular weight excluding hydrogens is 256 g/mol. The van der Waals surface area contributed by atoms with Crippen molar-refractivity contribution in [3.05, 3.63) is 29.8 Å². The minimum Gasteiger partial charge on any atom is -0.481 e. The van der Waals surface area contributed by atoms with Gasteiger partial charge in [0.05, 0.1) is 5.92 Å². The summed E-state index contributed by atoms with van der Waals surface area (Å²) in [6.45, 7) is 1.72. The van der Waals surface area contributed by atoms with Crippen LogP contribution in [0.25, 0.3) is 0 Å². The van der Waals surface area contributed by atoms with Gasteiger partial charge in [0, 0.05) is 18.7 Å². The van der Waals surface area contributed by atoms with Gasteiger partial charge in [-0.1, -0.05) is 18.2 Å². The maximum atomic E-state index is 12.2. The van der Waals surface area contributed by atoms with Gasteiger partial charge in [-0.05, 0) is 38.1 Å². The number of aryl methyl sites for hydroxylation is 1. The van der Waals surface area contributed by atoms with Crippen LogP contribution in [-0.4, -0.2) is 42.0 Å². The number of aliphatic carboxylic acids is 1. The summed E-state index contributed by atoms with van der Waals surface area (Å²) >= 11 is 0. The van der Waals surface area contributed by atoms with Crippen LogP contribution in [0.5, 0.6) is 0 Å². The summed E-state index contributed by atoms with van der Waals surface area (Å²) in [7, 11) is 2.01. The molecule has 5 nitrogen and oxygen atoms in total. The van der Waals surface area contributed by atoms with E-state index in [4.69, 9.17) is 5.11 Å². The van der Waals surface area contributed by atoms with Crippen molar-refractivity contribution in [3.63, 3.8) is 0 Å². The Morgan fingerprint density at radius 3 is 2.80 bits per heavy atom. The minimum atomic E-state index is -0.830. The monoisotopic (exact) mass is 276 g/mol. The number of hydrogen-bond acceptors (Lipinski definition) is 3. The van der Waals surface area contributed by atoms with Crippen LogP contribution >= 0.6 is 0 Å². The number of amides is 1. The number of carboxylic acid groups (broad SMARTS) is 1. The highest BCUT2D eigenvalue weighted by atomic mass is 16.4. The highest BCUT2D eigenvalue weighted by Crippen LogP contribution is 2.20. The van der Waals surface area contributed by atoms with Crippen LogP contribution in [-0.2, 0) is 16.0 Å². The molecule has 1 fully saturated rings. The van der Waals surface area contributed by atoms with Crippen molar-refractivity contribution in [1.29, 1.82) is 0 Å². The van der Waals surface area contributed by atoms with E-state index in [-0.39, 0.29) is 18.2 Å². The Hall–Kier alpha value is -1.88. The number of benzene rings is 1. The van der Waals surface area contributed by atoms with Crippen LogP contribution in [0.2, 0.25) is 0 Å². The first-order valence-electron chi connectivity index (χ1n) is 6.85. The second-order valence-corrected chi connectivity index (χ2v) is 5.29. The van der Waals surface area contributed by atoms with E-state index in [1.165, 1.54) is 0 Å². The molecule has 1 aromatic carbocycles. The largest absolute Gasteiger partial charge is 0.481 e. The Morgan fingerprint density at radius 1 is 1.40 bits per heavy atom. The van der Waals surface area contributed by atoms with Crippen LogP contribution in [0.3, 0.4) is 0 Å². The normalized spacial score (nSPS) is 18.9. The number of carbonyl (C=O) groups excluding carboxylic acids is 1. The van der Waals surface area contributed by atoms with Gasteiger partial charge in [0.15, 0.2) is 0 Å². The summed E-state index contributed by atoms with van der Waals surface area (Å²) in [6.07, 6.45) is 1.37. The van der Waals surface area contributed by atoms with E-state index in [9.17, 15) is 9.59 Å². The van der Waals surface area contributed by atoms with Crippen LogP contribution < -0.4 is 5.32 Å². The number of nitrogens with zero attached hydrogens (tertiary/aromatic N) is 1. The first-order valence-corrected chi connectivity index (χ1v) is 6.85. The number of hydrogen-bond donors (Lipinski definition) is 2. The number of nitrogens with one attached hydrogen (secondary N) is 1. The molecule has 108 valence electrons. The molecule has 0 saturated carbocycles. The van der Waals surface area contributed by atoms with E-state index < -0.39 is 5.97 Å². The Kier molecular flexibility index (Phi) is 4.74. The number of para-hydroxylation sites is 1. The first kappa shape index (κ1) is 14.5. The summed E-state index contributed by atoms with van der Waals surface area (Å²) in [4.78, 5) is 25.0. The molecule has 1 aliphatic heterocycles. The molecule has 20 heavy (non-hydrogen) atoms. The molecule has 0 aromatic heterocycles. The molecule has 1 saturated heterocycles. The second kappa shape index (κ2) is 6.52. The average molecular weight is 276 g/mol. The van der Waals surface area contributed by atoms with Crippen LogP contribution in [0, 0.1) is 5.92 Å². The van der Waals surface area contributed by atoms with Crippen LogP contribution in [0.1, 0.15) is 18.4 Å². The number of carboxylic acids is 1.